The Labute approximate surface area is 202 Å². The predicted octanol–water partition coefficient (Wildman–Crippen LogP) is 5.88. The van der Waals surface area contributed by atoms with Gasteiger partial charge >= 0.3 is 0 Å². The van der Waals surface area contributed by atoms with E-state index in [1.807, 2.05) is 81.4 Å². The molecule has 0 atom stereocenters. The number of hydrogen-bond donors (Lipinski definition) is 0. The Balaban J connectivity index is 1.63. The van der Waals surface area contributed by atoms with Crippen molar-refractivity contribution < 1.29 is 13.9 Å². The Morgan fingerprint density at radius 2 is 1.83 bits per heavy atom. The molecule has 0 N–H and O–H groups in total. The fraction of sp³-hybridized carbons (Fsp3) is 0.179. The van der Waals surface area contributed by atoms with E-state index < -0.39 is 0 Å². The lowest BCUT2D eigenvalue weighted by atomic mass is 10.2. The summed E-state index contributed by atoms with van der Waals surface area (Å²) in [5.41, 5.74) is 1.75. The molecular weight excluding hydrogens is 442 g/mol. The Bertz CT molecular complexity index is 1560. The number of furan rings is 1. The van der Waals surface area contributed by atoms with Gasteiger partial charge < -0.3 is 13.9 Å². The summed E-state index contributed by atoms with van der Waals surface area (Å²) < 4.78 is 18.9. The van der Waals surface area contributed by atoms with E-state index in [-0.39, 0.29) is 11.7 Å². The smallest absolute Gasteiger partial charge is 0.282 e. The van der Waals surface area contributed by atoms with Gasteiger partial charge in [0.15, 0.2) is 17.3 Å². The van der Waals surface area contributed by atoms with Gasteiger partial charge in [-0.05, 0) is 68.8 Å². The van der Waals surface area contributed by atoms with Crippen molar-refractivity contribution in [1.29, 1.82) is 0 Å². The zero-order valence-corrected chi connectivity index (χ0v) is 19.8. The molecule has 0 amide bonds. The summed E-state index contributed by atoms with van der Waals surface area (Å²) in [6.45, 7) is 6.34. The molecule has 35 heavy (non-hydrogen) atoms. The first-order chi connectivity index (χ1) is 17.0. The molecule has 0 spiro atoms. The average Bonchev–Trinajstić information content (AvgIpc) is 3.29. The van der Waals surface area contributed by atoms with E-state index in [1.54, 1.807) is 18.3 Å². The Kier molecular flexibility index (Phi) is 6.06. The molecule has 0 saturated heterocycles. The van der Waals surface area contributed by atoms with Crippen LogP contribution in [0.3, 0.4) is 0 Å². The molecule has 7 heteroatoms. The molecule has 5 rings (SSSR count). The maximum absolute atomic E-state index is 13.4. The summed E-state index contributed by atoms with van der Waals surface area (Å²) in [7, 11) is 0. The van der Waals surface area contributed by atoms with E-state index in [2.05, 4.69) is 5.10 Å². The highest BCUT2D eigenvalue weighted by Gasteiger charge is 2.16. The molecule has 0 aliphatic rings. The number of ether oxygens (including phenoxy) is 2. The van der Waals surface area contributed by atoms with Crippen LogP contribution in [0.25, 0.3) is 33.5 Å². The first kappa shape index (κ1) is 22.4. The summed E-state index contributed by atoms with van der Waals surface area (Å²) >= 11 is 0. The van der Waals surface area contributed by atoms with Crippen molar-refractivity contribution in [3.05, 3.63) is 88.7 Å². The monoisotopic (exact) mass is 467 g/mol. The van der Waals surface area contributed by atoms with Crippen molar-refractivity contribution in [2.45, 2.75) is 26.9 Å². The van der Waals surface area contributed by atoms with Gasteiger partial charge in [-0.2, -0.15) is 9.78 Å². The first-order valence-corrected chi connectivity index (χ1v) is 11.5. The zero-order valence-electron chi connectivity index (χ0n) is 19.8. The normalized spacial score (nSPS) is 11.7. The molecule has 0 fully saturated rings. The minimum absolute atomic E-state index is 0.0161. The molecular formula is C28H25N3O4. The number of hydrogen-bond acceptors (Lipinski definition) is 6. The zero-order chi connectivity index (χ0) is 24.4. The average molecular weight is 468 g/mol. The van der Waals surface area contributed by atoms with Gasteiger partial charge in [0, 0.05) is 5.39 Å². The predicted molar refractivity (Wildman–Crippen MR) is 138 cm³/mol. The second kappa shape index (κ2) is 9.46. The summed E-state index contributed by atoms with van der Waals surface area (Å²) in [5, 5.41) is 5.92. The molecule has 5 aromatic rings. The van der Waals surface area contributed by atoms with E-state index in [4.69, 9.17) is 18.9 Å². The first-order valence-electron chi connectivity index (χ1n) is 11.5. The summed E-state index contributed by atoms with van der Waals surface area (Å²) in [6, 6.07) is 22.3. The van der Waals surface area contributed by atoms with Crippen LogP contribution in [0.5, 0.6) is 11.5 Å². The van der Waals surface area contributed by atoms with E-state index >= 15 is 0 Å². The van der Waals surface area contributed by atoms with Crippen LogP contribution < -0.4 is 15.0 Å². The quantitative estimate of drug-likeness (QED) is 0.279. The Morgan fingerprint density at radius 1 is 1.03 bits per heavy atom. The van der Waals surface area contributed by atoms with Crippen LogP contribution in [0.1, 0.15) is 26.3 Å². The molecule has 0 aliphatic carbocycles. The summed E-state index contributed by atoms with van der Waals surface area (Å²) in [4.78, 5) is 18.1. The minimum atomic E-state index is -0.285. The van der Waals surface area contributed by atoms with Gasteiger partial charge in [0.05, 0.1) is 29.8 Å². The highest BCUT2D eigenvalue weighted by Crippen LogP contribution is 2.30. The van der Waals surface area contributed by atoms with E-state index in [0.29, 0.717) is 46.2 Å². The van der Waals surface area contributed by atoms with Crippen LogP contribution >= 0.6 is 0 Å². The van der Waals surface area contributed by atoms with Crippen LogP contribution in [-0.4, -0.2) is 28.6 Å². The number of para-hydroxylation sites is 2. The van der Waals surface area contributed by atoms with Crippen molar-refractivity contribution >= 4 is 28.1 Å². The third kappa shape index (κ3) is 4.53. The fourth-order valence-electron chi connectivity index (χ4n) is 3.83. The third-order valence-electron chi connectivity index (χ3n) is 5.35. The molecule has 0 unspecified atom stereocenters. The van der Waals surface area contributed by atoms with Gasteiger partial charge in [0.1, 0.15) is 5.58 Å². The van der Waals surface area contributed by atoms with Gasteiger partial charge in [-0.3, -0.25) is 4.79 Å². The number of benzene rings is 3. The maximum atomic E-state index is 13.4. The third-order valence-corrected chi connectivity index (χ3v) is 5.35. The van der Waals surface area contributed by atoms with Crippen molar-refractivity contribution in [3.63, 3.8) is 0 Å². The second-order valence-corrected chi connectivity index (χ2v) is 8.27. The van der Waals surface area contributed by atoms with Crippen molar-refractivity contribution in [3.8, 4) is 23.1 Å². The molecule has 0 saturated carbocycles. The summed E-state index contributed by atoms with van der Waals surface area (Å²) in [6.07, 6.45) is 1.62. The highest BCUT2D eigenvalue weighted by molar-refractivity contribution is 5.85. The molecule has 0 radical (unpaired) electrons. The van der Waals surface area contributed by atoms with Gasteiger partial charge in [-0.25, -0.2) is 4.98 Å². The van der Waals surface area contributed by atoms with Crippen molar-refractivity contribution in [1.82, 2.24) is 9.66 Å². The lowest BCUT2D eigenvalue weighted by Gasteiger charge is -2.14. The molecule has 2 aromatic heterocycles. The van der Waals surface area contributed by atoms with Gasteiger partial charge in [0.2, 0.25) is 5.82 Å². The Hall–Kier alpha value is -4.39. The topological polar surface area (TPSA) is 78.9 Å². The molecule has 7 nitrogen and oxygen atoms in total. The molecule has 2 heterocycles. The number of aromatic nitrogens is 2. The van der Waals surface area contributed by atoms with Crippen LogP contribution in [0.4, 0.5) is 0 Å². The van der Waals surface area contributed by atoms with Gasteiger partial charge in [-0.15, -0.1) is 0 Å². The SMILES string of the molecule is CCOc1cc(C=Nn2c(-c3cc4ccccc4o3)nc3ccccc3c2=O)ccc1OC(C)C. The molecule has 0 bridgehead atoms. The van der Waals surface area contributed by atoms with Crippen molar-refractivity contribution in [2.24, 2.45) is 5.10 Å². The van der Waals surface area contributed by atoms with Crippen LogP contribution in [-0.2, 0) is 0 Å². The van der Waals surface area contributed by atoms with E-state index in [1.165, 1.54) is 4.68 Å². The number of fused-ring (bicyclic) bond motifs is 2. The van der Waals surface area contributed by atoms with E-state index in [9.17, 15) is 4.79 Å². The standard InChI is InChI=1S/C28H25N3O4/c1-4-33-25-15-19(13-14-24(25)34-18(2)3)17-29-31-27(26-16-20-9-5-8-12-23(20)35-26)30-22-11-7-6-10-21(22)28(31)32/h5-18H,4H2,1-3H3. The lowest BCUT2D eigenvalue weighted by molar-refractivity contribution is 0.224. The van der Waals surface area contributed by atoms with Crippen LogP contribution in [0.15, 0.2) is 87.1 Å². The molecule has 3 aromatic carbocycles. The van der Waals surface area contributed by atoms with Crippen LogP contribution in [0.2, 0.25) is 0 Å². The van der Waals surface area contributed by atoms with E-state index in [0.717, 1.165) is 10.9 Å². The largest absolute Gasteiger partial charge is 0.490 e. The number of nitrogens with zero attached hydrogens (tertiary/aromatic N) is 3. The van der Waals surface area contributed by atoms with Crippen LogP contribution in [0, 0.1) is 0 Å². The lowest BCUT2D eigenvalue weighted by Crippen LogP contribution is -2.20. The highest BCUT2D eigenvalue weighted by atomic mass is 16.5. The second-order valence-electron chi connectivity index (χ2n) is 8.27. The number of rotatable bonds is 7. The van der Waals surface area contributed by atoms with Gasteiger partial charge in [0.25, 0.3) is 5.56 Å². The minimum Gasteiger partial charge on any atom is -0.490 e. The summed E-state index contributed by atoms with van der Waals surface area (Å²) in [5.74, 6) is 2.06. The van der Waals surface area contributed by atoms with Crippen molar-refractivity contribution in [2.75, 3.05) is 6.61 Å². The fourth-order valence-corrected chi connectivity index (χ4v) is 3.83. The Morgan fingerprint density at radius 3 is 2.63 bits per heavy atom. The molecule has 0 aliphatic heterocycles. The maximum Gasteiger partial charge on any atom is 0.282 e. The van der Waals surface area contributed by atoms with Gasteiger partial charge in [-0.1, -0.05) is 30.3 Å². The molecule has 176 valence electrons.